The van der Waals surface area contributed by atoms with Gasteiger partial charge in [0.15, 0.2) is 5.82 Å². The molecule has 2 aromatic rings. The van der Waals surface area contributed by atoms with Gasteiger partial charge < -0.3 is 10.1 Å². The smallest absolute Gasteiger partial charge is 0.168 e. The summed E-state index contributed by atoms with van der Waals surface area (Å²) in [6.45, 7) is 5.09. The number of hydrogen-bond donors (Lipinski definition) is 1. The van der Waals surface area contributed by atoms with E-state index in [0.717, 1.165) is 22.5 Å². The molecule has 6 heteroatoms. The molecule has 0 fully saturated rings. The predicted octanol–water partition coefficient (Wildman–Crippen LogP) is 4.21. The molecule has 1 aromatic carbocycles. The first-order valence-corrected chi connectivity index (χ1v) is 7.42. The number of halogens is 2. The molecule has 0 spiro atoms. The summed E-state index contributed by atoms with van der Waals surface area (Å²) < 4.78 is 6.52. The highest BCUT2D eigenvalue weighted by molar-refractivity contribution is 9.10. The van der Waals surface area contributed by atoms with Crippen LogP contribution in [0.25, 0.3) is 0 Å². The van der Waals surface area contributed by atoms with E-state index in [2.05, 4.69) is 31.2 Å². The van der Waals surface area contributed by atoms with Gasteiger partial charge >= 0.3 is 0 Å². The third-order valence-corrected chi connectivity index (χ3v) is 3.36. The van der Waals surface area contributed by atoms with Crippen LogP contribution in [-0.4, -0.2) is 16.5 Å². The lowest BCUT2D eigenvalue weighted by molar-refractivity contribution is 0.294. The first kappa shape index (κ1) is 15.1. The summed E-state index contributed by atoms with van der Waals surface area (Å²) in [5, 5.41) is 3.83. The number of nitrogens with zero attached hydrogens (tertiary/aromatic N) is 2. The molecule has 0 aliphatic carbocycles. The van der Waals surface area contributed by atoms with E-state index in [-0.39, 0.29) is 0 Å². The summed E-state index contributed by atoms with van der Waals surface area (Å²) in [6.07, 6.45) is 0. The van der Waals surface area contributed by atoms with Gasteiger partial charge in [-0.3, -0.25) is 0 Å². The Bertz CT molecular complexity index is 607. The highest BCUT2D eigenvalue weighted by Crippen LogP contribution is 2.28. The second-order valence-electron chi connectivity index (χ2n) is 4.20. The Kier molecular flexibility index (Phi) is 5.20. The van der Waals surface area contributed by atoms with Crippen molar-refractivity contribution in [2.45, 2.75) is 20.5 Å². The molecule has 4 nitrogen and oxygen atoms in total. The molecule has 1 heterocycles. The zero-order chi connectivity index (χ0) is 14.5. The van der Waals surface area contributed by atoms with Crippen LogP contribution in [0.3, 0.4) is 0 Å². The number of nitrogens with one attached hydrogen (secondary N) is 1. The lowest BCUT2D eigenvalue weighted by Crippen LogP contribution is -2.07. The third kappa shape index (κ3) is 4.08. The number of aryl methyl sites for hydroxylation is 1. The van der Waals surface area contributed by atoms with E-state index >= 15 is 0 Å². The Morgan fingerprint density at radius 3 is 2.80 bits per heavy atom. The van der Waals surface area contributed by atoms with Crippen LogP contribution in [-0.2, 0) is 6.61 Å². The number of rotatable bonds is 5. The average molecular weight is 357 g/mol. The molecule has 106 valence electrons. The van der Waals surface area contributed by atoms with Crippen molar-refractivity contribution in [3.63, 3.8) is 0 Å². The Morgan fingerprint density at radius 1 is 1.30 bits per heavy atom. The van der Waals surface area contributed by atoms with Crippen molar-refractivity contribution in [2.75, 3.05) is 11.9 Å². The van der Waals surface area contributed by atoms with Crippen LogP contribution in [0, 0.1) is 6.92 Å². The number of ether oxygens (including phenoxy) is 1. The first-order valence-electron chi connectivity index (χ1n) is 6.24. The van der Waals surface area contributed by atoms with Crippen molar-refractivity contribution in [2.24, 2.45) is 0 Å². The fourth-order valence-corrected chi connectivity index (χ4v) is 2.50. The maximum atomic E-state index is 5.89. The van der Waals surface area contributed by atoms with Gasteiger partial charge in [-0.1, -0.05) is 11.6 Å². The lowest BCUT2D eigenvalue weighted by Gasteiger charge is -2.10. The van der Waals surface area contributed by atoms with Crippen LogP contribution in [0.2, 0.25) is 5.02 Å². The fraction of sp³-hybridized carbons (Fsp3) is 0.286. The van der Waals surface area contributed by atoms with Gasteiger partial charge in [0.05, 0.1) is 4.47 Å². The van der Waals surface area contributed by atoms with Gasteiger partial charge in [-0.2, -0.15) is 0 Å². The Morgan fingerprint density at radius 2 is 2.10 bits per heavy atom. The van der Waals surface area contributed by atoms with Gasteiger partial charge in [-0.05, 0) is 48.0 Å². The molecule has 0 saturated carbocycles. The van der Waals surface area contributed by atoms with Crippen LogP contribution >= 0.6 is 27.5 Å². The molecule has 0 radical (unpaired) electrons. The number of hydrogen-bond acceptors (Lipinski definition) is 4. The van der Waals surface area contributed by atoms with E-state index in [1.807, 2.05) is 26.0 Å². The van der Waals surface area contributed by atoms with Crippen LogP contribution in [0.4, 0.5) is 5.82 Å². The topological polar surface area (TPSA) is 47.0 Å². The predicted molar refractivity (Wildman–Crippen MR) is 84.4 cm³/mol. The zero-order valence-electron chi connectivity index (χ0n) is 11.3. The molecular formula is C14H15BrClN3O. The Hall–Kier alpha value is -1.33. The van der Waals surface area contributed by atoms with Crippen LogP contribution in [0.1, 0.15) is 18.4 Å². The van der Waals surface area contributed by atoms with E-state index in [1.54, 1.807) is 12.1 Å². The molecule has 0 saturated heterocycles. The summed E-state index contributed by atoms with van der Waals surface area (Å²) in [4.78, 5) is 8.76. The average Bonchev–Trinajstić information content (AvgIpc) is 2.37. The summed E-state index contributed by atoms with van der Waals surface area (Å²) in [5.41, 5.74) is 0.907. The Labute approximate surface area is 131 Å². The Balaban J connectivity index is 2.10. The molecule has 1 aromatic heterocycles. The van der Waals surface area contributed by atoms with Crippen molar-refractivity contribution in [3.8, 4) is 5.75 Å². The second kappa shape index (κ2) is 6.90. The highest BCUT2D eigenvalue weighted by Gasteiger charge is 2.06. The van der Waals surface area contributed by atoms with E-state index in [0.29, 0.717) is 23.2 Å². The molecule has 0 unspecified atom stereocenters. The highest BCUT2D eigenvalue weighted by atomic mass is 79.9. The monoisotopic (exact) mass is 355 g/mol. The molecule has 0 atom stereocenters. The van der Waals surface area contributed by atoms with Crippen LogP contribution < -0.4 is 10.1 Å². The van der Waals surface area contributed by atoms with E-state index in [1.165, 1.54) is 0 Å². The van der Waals surface area contributed by atoms with E-state index < -0.39 is 0 Å². The van der Waals surface area contributed by atoms with Gasteiger partial charge in [-0.15, -0.1) is 0 Å². The minimum absolute atomic E-state index is 0.306. The zero-order valence-corrected chi connectivity index (χ0v) is 13.6. The van der Waals surface area contributed by atoms with Gasteiger partial charge in [0, 0.05) is 23.3 Å². The van der Waals surface area contributed by atoms with Gasteiger partial charge in [-0.25, -0.2) is 9.97 Å². The van der Waals surface area contributed by atoms with Crippen LogP contribution in [0.15, 0.2) is 28.7 Å². The van der Waals surface area contributed by atoms with Crippen molar-refractivity contribution in [1.29, 1.82) is 0 Å². The number of benzene rings is 1. The minimum atomic E-state index is 0.306. The summed E-state index contributed by atoms with van der Waals surface area (Å²) in [6, 6.07) is 7.29. The van der Waals surface area contributed by atoms with Crippen LogP contribution in [0.5, 0.6) is 5.75 Å². The summed E-state index contributed by atoms with van der Waals surface area (Å²) in [7, 11) is 0. The molecule has 0 aliphatic rings. The summed E-state index contributed by atoms with van der Waals surface area (Å²) >= 11 is 9.30. The van der Waals surface area contributed by atoms with Crippen molar-refractivity contribution >= 4 is 33.3 Å². The SMILES string of the molecule is CCNc1cc(C)nc(COc2ccc(Cl)cc2Br)n1. The van der Waals surface area contributed by atoms with Crippen molar-refractivity contribution < 1.29 is 4.74 Å². The molecule has 1 N–H and O–H groups in total. The lowest BCUT2D eigenvalue weighted by atomic mass is 10.3. The largest absolute Gasteiger partial charge is 0.484 e. The quantitative estimate of drug-likeness (QED) is 0.871. The maximum absolute atomic E-state index is 5.89. The molecule has 2 rings (SSSR count). The van der Waals surface area contributed by atoms with Gasteiger partial charge in [0.1, 0.15) is 18.2 Å². The third-order valence-electron chi connectivity index (χ3n) is 2.51. The minimum Gasteiger partial charge on any atom is -0.484 e. The molecular weight excluding hydrogens is 342 g/mol. The maximum Gasteiger partial charge on any atom is 0.168 e. The molecule has 0 bridgehead atoms. The number of aromatic nitrogens is 2. The fourth-order valence-electron chi connectivity index (χ4n) is 1.70. The van der Waals surface area contributed by atoms with Gasteiger partial charge in [0.2, 0.25) is 0 Å². The summed E-state index contributed by atoms with van der Waals surface area (Å²) in [5.74, 6) is 2.17. The first-order chi connectivity index (χ1) is 9.58. The molecule has 0 aliphatic heterocycles. The molecule has 0 amide bonds. The van der Waals surface area contributed by atoms with E-state index in [9.17, 15) is 0 Å². The molecule has 20 heavy (non-hydrogen) atoms. The van der Waals surface area contributed by atoms with Crippen molar-refractivity contribution in [1.82, 2.24) is 9.97 Å². The van der Waals surface area contributed by atoms with Crippen molar-refractivity contribution in [3.05, 3.63) is 45.3 Å². The van der Waals surface area contributed by atoms with E-state index in [4.69, 9.17) is 16.3 Å². The normalized spacial score (nSPS) is 10.4. The number of anilines is 1. The standard InChI is InChI=1S/C14H15BrClN3O/c1-3-17-13-6-9(2)18-14(19-13)8-20-12-5-4-10(16)7-11(12)15/h4-7H,3,8H2,1-2H3,(H,17,18,19). The second-order valence-corrected chi connectivity index (χ2v) is 5.50. The van der Waals surface area contributed by atoms with Gasteiger partial charge in [0.25, 0.3) is 0 Å².